The summed E-state index contributed by atoms with van der Waals surface area (Å²) in [6.07, 6.45) is 1.15. The van der Waals surface area contributed by atoms with E-state index in [0.717, 1.165) is 0 Å². The molecule has 1 aliphatic heterocycles. The fourth-order valence-corrected chi connectivity index (χ4v) is 3.04. The van der Waals surface area contributed by atoms with Gasteiger partial charge in [-0.2, -0.15) is 0 Å². The van der Waals surface area contributed by atoms with Crippen LogP contribution in [0.1, 0.15) is 26.2 Å². The third kappa shape index (κ3) is 5.75. The van der Waals surface area contributed by atoms with Gasteiger partial charge in [-0.25, -0.2) is 0 Å². The molecule has 1 fully saturated rings. The Morgan fingerprint density at radius 2 is 1.85 bits per heavy atom. The number of hydrogen-bond donors (Lipinski definition) is 1. The molecule has 1 N–H and O–H groups in total. The predicted molar refractivity (Wildman–Crippen MR) is 95.7 cm³/mol. The van der Waals surface area contributed by atoms with E-state index < -0.39 is 5.97 Å². The molecule has 0 aromatic heterocycles. The molecule has 2 amide bonds. The molecule has 0 atom stereocenters. The van der Waals surface area contributed by atoms with Crippen LogP contribution >= 0.6 is 0 Å². The lowest BCUT2D eigenvalue weighted by Gasteiger charge is -2.33. The van der Waals surface area contributed by atoms with E-state index in [1.807, 2.05) is 25.1 Å². The lowest BCUT2D eigenvalue weighted by atomic mass is 9.95. The van der Waals surface area contributed by atoms with E-state index in [0.29, 0.717) is 38.2 Å². The van der Waals surface area contributed by atoms with Gasteiger partial charge in [0.25, 0.3) is 5.91 Å². The highest BCUT2D eigenvalue weighted by Crippen LogP contribution is 2.20. The highest BCUT2D eigenvalue weighted by Gasteiger charge is 2.30. The van der Waals surface area contributed by atoms with Crippen molar-refractivity contribution in [3.8, 4) is 5.75 Å². The van der Waals surface area contributed by atoms with Crippen molar-refractivity contribution in [3.63, 3.8) is 0 Å². The zero-order chi connectivity index (χ0) is 18.9. The molecule has 7 heteroatoms. The van der Waals surface area contributed by atoms with Crippen LogP contribution in [0, 0.1) is 5.92 Å². The van der Waals surface area contributed by atoms with Crippen molar-refractivity contribution in [2.24, 2.45) is 5.92 Å². The monoisotopic (exact) mass is 362 g/mol. The van der Waals surface area contributed by atoms with Crippen molar-refractivity contribution in [3.05, 3.63) is 30.3 Å². The van der Waals surface area contributed by atoms with Crippen LogP contribution in [0.3, 0.4) is 0 Å². The lowest BCUT2D eigenvalue weighted by molar-refractivity contribution is -0.143. The molecule has 1 heterocycles. The molecule has 0 radical (unpaired) electrons. The molecule has 142 valence electrons. The summed E-state index contributed by atoms with van der Waals surface area (Å²) in [4.78, 5) is 38.8. The minimum atomic E-state index is -0.907. The Balaban J connectivity index is 1.77. The van der Waals surface area contributed by atoms with Crippen molar-refractivity contribution in [1.29, 1.82) is 0 Å². The van der Waals surface area contributed by atoms with E-state index in [-0.39, 0.29) is 37.3 Å². The maximum Gasteiger partial charge on any atom is 0.305 e. The predicted octanol–water partition coefficient (Wildman–Crippen LogP) is 1.63. The quantitative estimate of drug-likeness (QED) is 0.759. The van der Waals surface area contributed by atoms with E-state index >= 15 is 0 Å². The van der Waals surface area contributed by atoms with Crippen molar-refractivity contribution in [2.75, 3.05) is 32.8 Å². The normalized spacial score (nSPS) is 14.7. The molecule has 7 nitrogen and oxygen atoms in total. The number of likely N-dealkylation sites (tertiary alicyclic amines) is 1. The Kier molecular flexibility index (Phi) is 7.44. The van der Waals surface area contributed by atoms with Crippen molar-refractivity contribution in [1.82, 2.24) is 9.80 Å². The average Bonchev–Trinajstić information content (AvgIpc) is 2.67. The van der Waals surface area contributed by atoms with Crippen LogP contribution in [-0.2, 0) is 14.4 Å². The second-order valence-corrected chi connectivity index (χ2v) is 6.32. The minimum absolute atomic E-state index is 0.0116. The molecule has 1 aromatic rings. The molecule has 2 rings (SSSR count). The van der Waals surface area contributed by atoms with Gasteiger partial charge in [-0.15, -0.1) is 0 Å². The van der Waals surface area contributed by atoms with Gasteiger partial charge in [-0.1, -0.05) is 18.2 Å². The van der Waals surface area contributed by atoms with Gasteiger partial charge in [-0.05, 0) is 31.9 Å². The Hall–Kier alpha value is -2.57. The topological polar surface area (TPSA) is 87.2 Å². The fourth-order valence-electron chi connectivity index (χ4n) is 3.04. The van der Waals surface area contributed by atoms with Gasteiger partial charge in [0.2, 0.25) is 5.91 Å². The number of carbonyl (C=O) groups excluding carboxylic acids is 2. The summed E-state index contributed by atoms with van der Waals surface area (Å²) >= 11 is 0. The maximum absolute atomic E-state index is 12.5. The molecule has 0 saturated carbocycles. The molecular weight excluding hydrogens is 336 g/mol. The second kappa shape index (κ2) is 9.79. The molecule has 1 aromatic carbocycles. The van der Waals surface area contributed by atoms with Crippen molar-refractivity contribution >= 4 is 17.8 Å². The number of ether oxygens (including phenoxy) is 1. The summed E-state index contributed by atoms with van der Waals surface area (Å²) in [7, 11) is 0. The number of carboxylic acid groups (broad SMARTS) is 1. The SMILES string of the molecule is CCN(CCC(=O)O)C(=O)C1CCN(C(=O)COc2ccccc2)CC1. The van der Waals surface area contributed by atoms with E-state index in [4.69, 9.17) is 9.84 Å². The smallest absolute Gasteiger partial charge is 0.305 e. The first kappa shape index (κ1) is 19.8. The van der Waals surface area contributed by atoms with Crippen molar-refractivity contribution < 1.29 is 24.2 Å². The Morgan fingerprint density at radius 1 is 1.19 bits per heavy atom. The van der Waals surface area contributed by atoms with Crippen LogP contribution in [0.5, 0.6) is 5.75 Å². The molecule has 0 spiro atoms. The average molecular weight is 362 g/mol. The third-order valence-corrected chi connectivity index (χ3v) is 4.59. The van der Waals surface area contributed by atoms with Gasteiger partial charge in [0, 0.05) is 32.1 Å². The van der Waals surface area contributed by atoms with Gasteiger partial charge in [0.05, 0.1) is 6.42 Å². The standard InChI is InChI=1S/C19H26N2O5/c1-2-20(13-10-18(23)24)19(25)15-8-11-21(12-9-15)17(22)14-26-16-6-4-3-5-7-16/h3-7,15H,2,8-14H2,1H3,(H,23,24). The third-order valence-electron chi connectivity index (χ3n) is 4.59. The molecule has 0 bridgehead atoms. The van der Waals surface area contributed by atoms with Crippen LogP contribution in [0.15, 0.2) is 30.3 Å². The number of para-hydroxylation sites is 1. The highest BCUT2D eigenvalue weighted by atomic mass is 16.5. The van der Waals surface area contributed by atoms with Crippen molar-refractivity contribution in [2.45, 2.75) is 26.2 Å². The number of nitrogens with zero attached hydrogens (tertiary/aromatic N) is 2. The van der Waals surface area contributed by atoms with E-state index in [1.54, 1.807) is 21.9 Å². The van der Waals surface area contributed by atoms with Crippen LogP contribution in [-0.4, -0.2) is 65.5 Å². The summed E-state index contributed by atoms with van der Waals surface area (Å²) in [5.74, 6) is -0.500. The van der Waals surface area contributed by atoms with Crippen LogP contribution in [0.2, 0.25) is 0 Å². The van der Waals surface area contributed by atoms with Gasteiger partial charge in [-0.3, -0.25) is 14.4 Å². The molecule has 1 aliphatic rings. The van der Waals surface area contributed by atoms with Gasteiger partial charge < -0.3 is 19.6 Å². The number of hydrogen-bond acceptors (Lipinski definition) is 4. The highest BCUT2D eigenvalue weighted by molar-refractivity contribution is 5.81. The zero-order valence-electron chi connectivity index (χ0n) is 15.1. The number of aliphatic carboxylic acids is 1. The first-order valence-electron chi connectivity index (χ1n) is 8.97. The Morgan fingerprint density at radius 3 is 2.42 bits per heavy atom. The second-order valence-electron chi connectivity index (χ2n) is 6.32. The van der Waals surface area contributed by atoms with Crippen LogP contribution < -0.4 is 4.74 Å². The van der Waals surface area contributed by atoms with Gasteiger partial charge in [0.15, 0.2) is 6.61 Å². The molecule has 1 saturated heterocycles. The number of carbonyl (C=O) groups is 3. The number of amides is 2. The number of carboxylic acids is 1. The largest absolute Gasteiger partial charge is 0.484 e. The zero-order valence-corrected chi connectivity index (χ0v) is 15.1. The fraction of sp³-hybridized carbons (Fsp3) is 0.526. The molecular formula is C19H26N2O5. The Bertz CT molecular complexity index is 612. The van der Waals surface area contributed by atoms with E-state index in [9.17, 15) is 14.4 Å². The van der Waals surface area contributed by atoms with E-state index in [2.05, 4.69) is 0 Å². The summed E-state index contributed by atoms with van der Waals surface area (Å²) < 4.78 is 5.48. The van der Waals surface area contributed by atoms with E-state index in [1.165, 1.54) is 0 Å². The van der Waals surface area contributed by atoms with Gasteiger partial charge >= 0.3 is 5.97 Å². The molecule has 0 aliphatic carbocycles. The first-order valence-corrected chi connectivity index (χ1v) is 8.97. The Labute approximate surface area is 153 Å². The minimum Gasteiger partial charge on any atom is -0.484 e. The molecule has 0 unspecified atom stereocenters. The lowest BCUT2D eigenvalue weighted by Crippen LogP contribution is -2.46. The summed E-state index contributed by atoms with van der Waals surface area (Å²) in [5, 5.41) is 8.78. The number of rotatable bonds is 8. The number of benzene rings is 1. The number of piperidine rings is 1. The molecule has 26 heavy (non-hydrogen) atoms. The maximum atomic E-state index is 12.5. The van der Waals surface area contributed by atoms with Gasteiger partial charge in [0.1, 0.15) is 5.75 Å². The van der Waals surface area contributed by atoms with Crippen LogP contribution in [0.4, 0.5) is 0 Å². The summed E-state index contributed by atoms with van der Waals surface area (Å²) in [5.41, 5.74) is 0. The van der Waals surface area contributed by atoms with Crippen LogP contribution in [0.25, 0.3) is 0 Å². The summed E-state index contributed by atoms with van der Waals surface area (Å²) in [6.45, 7) is 3.60. The first-order chi connectivity index (χ1) is 12.5. The summed E-state index contributed by atoms with van der Waals surface area (Å²) in [6, 6.07) is 9.18.